The molecular weight excluding hydrogens is 276 g/mol. The zero-order chi connectivity index (χ0) is 13.9. The van der Waals surface area contributed by atoms with Gasteiger partial charge in [0.05, 0.1) is 18.1 Å². The summed E-state index contributed by atoms with van der Waals surface area (Å²) in [6.45, 7) is 1.81. The number of carbonyl (C=O) groups is 1. The third-order valence-electron chi connectivity index (χ3n) is 3.40. The van der Waals surface area contributed by atoms with Gasteiger partial charge in [-0.15, -0.1) is 5.10 Å². The smallest absolute Gasteiger partial charge is 0.264 e. The summed E-state index contributed by atoms with van der Waals surface area (Å²) in [6, 6.07) is 0.151. The molecule has 7 nitrogen and oxygen atoms in total. The number of hydrogen-bond donors (Lipinski definition) is 1. The summed E-state index contributed by atoms with van der Waals surface area (Å²) >= 11 is 1.12. The van der Waals surface area contributed by atoms with Crippen LogP contribution in [0.4, 0.5) is 5.69 Å². The first-order valence-corrected chi connectivity index (χ1v) is 7.31. The number of aromatic nitrogens is 4. The maximum Gasteiger partial charge on any atom is 0.264 e. The highest BCUT2D eigenvalue weighted by Crippen LogP contribution is 2.19. The monoisotopic (exact) mass is 292 g/mol. The second-order valence-corrected chi connectivity index (χ2v) is 5.70. The van der Waals surface area contributed by atoms with Crippen molar-refractivity contribution < 1.29 is 4.79 Å². The first kappa shape index (κ1) is 13.0. The van der Waals surface area contributed by atoms with Crippen LogP contribution in [0.15, 0.2) is 18.6 Å². The average Bonchev–Trinajstić information content (AvgIpc) is 3.10. The van der Waals surface area contributed by atoms with Crippen LogP contribution in [0.2, 0.25) is 0 Å². The Labute approximate surface area is 120 Å². The number of nitrogens with zero attached hydrogens (tertiary/aromatic N) is 5. The SMILES string of the molecule is Cn1cc(N2CCC[C@H](NC(=O)c3cnns3)C2)cn1. The highest BCUT2D eigenvalue weighted by molar-refractivity contribution is 7.07. The summed E-state index contributed by atoms with van der Waals surface area (Å²) in [6.07, 6.45) is 7.41. The van der Waals surface area contributed by atoms with Crippen molar-refractivity contribution in [3.05, 3.63) is 23.5 Å². The number of hydrogen-bond acceptors (Lipinski definition) is 6. The lowest BCUT2D eigenvalue weighted by Gasteiger charge is -2.33. The first-order valence-electron chi connectivity index (χ1n) is 6.54. The molecule has 1 fully saturated rings. The summed E-state index contributed by atoms with van der Waals surface area (Å²) in [5, 5.41) is 10.9. The van der Waals surface area contributed by atoms with Crippen molar-refractivity contribution in [3.63, 3.8) is 0 Å². The molecule has 0 bridgehead atoms. The summed E-state index contributed by atoms with van der Waals surface area (Å²) in [5.74, 6) is -0.0852. The number of amides is 1. The van der Waals surface area contributed by atoms with Gasteiger partial charge in [0, 0.05) is 32.4 Å². The molecule has 8 heteroatoms. The Kier molecular flexibility index (Phi) is 3.64. The molecule has 1 saturated heterocycles. The molecule has 0 saturated carbocycles. The number of piperidine rings is 1. The third-order valence-corrected chi connectivity index (χ3v) is 4.06. The molecule has 3 rings (SSSR count). The number of anilines is 1. The van der Waals surface area contributed by atoms with E-state index < -0.39 is 0 Å². The fourth-order valence-electron chi connectivity index (χ4n) is 2.42. The Bertz CT molecular complexity index is 581. The lowest BCUT2D eigenvalue weighted by molar-refractivity contribution is 0.0937. The van der Waals surface area contributed by atoms with E-state index in [4.69, 9.17) is 0 Å². The molecule has 3 heterocycles. The van der Waals surface area contributed by atoms with Gasteiger partial charge < -0.3 is 10.2 Å². The Hall–Kier alpha value is -1.96. The van der Waals surface area contributed by atoms with E-state index >= 15 is 0 Å². The summed E-state index contributed by atoms with van der Waals surface area (Å²) < 4.78 is 5.50. The second-order valence-electron chi connectivity index (χ2n) is 4.91. The van der Waals surface area contributed by atoms with Gasteiger partial charge in [0.25, 0.3) is 5.91 Å². The highest BCUT2D eigenvalue weighted by Gasteiger charge is 2.23. The van der Waals surface area contributed by atoms with E-state index in [1.165, 1.54) is 6.20 Å². The number of carbonyl (C=O) groups excluding carboxylic acids is 1. The molecule has 0 aromatic carbocycles. The van der Waals surface area contributed by atoms with Crippen molar-refractivity contribution in [2.45, 2.75) is 18.9 Å². The molecule has 0 unspecified atom stereocenters. The van der Waals surface area contributed by atoms with E-state index in [0.717, 1.165) is 43.2 Å². The van der Waals surface area contributed by atoms with Gasteiger partial charge in [-0.3, -0.25) is 9.48 Å². The van der Waals surface area contributed by atoms with Crippen molar-refractivity contribution in [1.82, 2.24) is 24.7 Å². The van der Waals surface area contributed by atoms with Crippen molar-refractivity contribution in [3.8, 4) is 0 Å². The molecule has 0 aliphatic carbocycles. The van der Waals surface area contributed by atoms with Gasteiger partial charge >= 0.3 is 0 Å². The molecular formula is C12H16N6OS. The number of aryl methyl sites for hydroxylation is 1. The molecule has 0 radical (unpaired) electrons. The van der Waals surface area contributed by atoms with Crippen LogP contribution in [-0.2, 0) is 7.05 Å². The standard InChI is InChI=1S/C12H16N6OS/c1-17-8-10(5-14-17)18-4-2-3-9(7-18)15-12(19)11-6-13-16-20-11/h5-6,8-9H,2-4,7H2,1H3,(H,15,19)/t9-/m0/s1. The predicted octanol–water partition coefficient (Wildman–Crippen LogP) is 0.670. The van der Waals surface area contributed by atoms with Crippen LogP contribution < -0.4 is 10.2 Å². The van der Waals surface area contributed by atoms with Gasteiger partial charge in [0.2, 0.25) is 0 Å². The summed E-state index contributed by atoms with van der Waals surface area (Å²) in [4.78, 5) is 14.8. The summed E-state index contributed by atoms with van der Waals surface area (Å²) in [5.41, 5.74) is 1.10. The lowest BCUT2D eigenvalue weighted by atomic mass is 10.1. The van der Waals surface area contributed by atoms with Crippen molar-refractivity contribution in [2.24, 2.45) is 7.05 Å². The predicted molar refractivity (Wildman–Crippen MR) is 75.8 cm³/mol. The van der Waals surface area contributed by atoms with Gasteiger partial charge in [-0.1, -0.05) is 4.49 Å². The Morgan fingerprint density at radius 2 is 2.40 bits per heavy atom. The van der Waals surface area contributed by atoms with E-state index in [9.17, 15) is 4.79 Å². The van der Waals surface area contributed by atoms with Crippen LogP contribution in [0, 0.1) is 0 Å². The first-order chi connectivity index (χ1) is 9.72. The van der Waals surface area contributed by atoms with Crippen LogP contribution in [0.1, 0.15) is 22.5 Å². The zero-order valence-electron chi connectivity index (χ0n) is 11.2. The molecule has 1 N–H and O–H groups in total. The quantitative estimate of drug-likeness (QED) is 0.900. The minimum atomic E-state index is -0.0852. The molecule has 1 aliphatic heterocycles. The Morgan fingerprint density at radius 1 is 1.50 bits per heavy atom. The number of rotatable bonds is 3. The Morgan fingerprint density at radius 3 is 3.10 bits per heavy atom. The minimum Gasteiger partial charge on any atom is -0.367 e. The molecule has 20 heavy (non-hydrogen) atoms. The molecule has 1 aliphatic rings. The maximum atomic E-state index is 12.0. The number of nitrogens with one attached hydrogen (secondary N) is 1. The lowest BCUT2D eigenvalue weighted by Crippen LogP contribution is -2.47. The van der Waals surface area contributed by atoms with Crippen LogP contribution >= 0.6 is 11.5 Å². The molecule has 2 aromatic heterocycles. The van der Waals surface area contributed by atoms with Gasteiger partial charge in [0.15, 0.2) is 0 Å². The fourth-order valence-corrected chi connectivity index (χ4v) is 2.84. The summed E-state index contributed by atoms with van der Waals surface area (Å²) in [7, 11) is 1.91. The van der Waals surface area contributed by atoms with Crippen molar-refractivity contribution >= 4 is 23.1 Å². The Balaban J connectivity index is 1.62. The third kappa shape index (κ3) is 2.79. The second kappa shape index (κ2) is 5.58. The van der Waals surface area contributed by atoms with E-state index in [1.807, 2.05) is 19.4 Å². The maximum absolute atomic E-state index is 12.0. The topological polar surface area (TPSA) is 75.9 Å². The van der Waals surface area contributed by atoms with Gasteiger partial charge in [-0.2, -0.15) is 5.10 Å². The average molecular weight is 292 g/mol. The zero-order valence-corrected chi connectivity index (χ0v) is 12.0. The molecule has 1 amide bonds. The van der Waals surface area contributed by atoms with Crippen LogP contribution in [-0.4, -0.2) is 44.4 Å². The largest absolute Gasteiger partial charge is 0.367 e. The van der Waals surface area contributed by atoms with Crippen molar-refractivity contribution in [1.29, 1.82) is 0 Å². The van der Waals surface area contributed by atoms with E-state index in [2.05, 4.69) is 24.9 Å². The van der Waals surface area contributed by atoms with Crippen molar-refractivity contribution in [2.75, 3.05) is 18.0 Å². The minimum absolute atomic E-state index is 0.0852. The molecule has 106 valence electrons. The highest BCUT2D eigenvalue weighted by atomic mass is 32.1. The molecule has 1 atom stereocenters. The van der Waals surface area contributed by atoms with E-state index in [1.54, 1.807) is 4.68 Å². The van der Waals surface area contributed by atoms with Crippen LogP contribution in [0.5, 0.6) is 0 Å². The van der Waals surface area contributed by atoms with Crippen LogP contribution in [0.3, 0.4) is 0 Å². The van der Waals surface area contributed by atoms with Gasteiger partial charge in [-0.25, -0.2) is 0 Å². The van der Waals surface area contributed by atoms with E-state index in [-0.39, 0.29) is 11.9 Å². The fraction of sp³-hybridized carbons (Fsp3) is 0.500. The normalized spacial score (nSPS) is 19.1. The van der Waals surface area contributed by atoms with Gasteiger partial charge in [-0.05, 0) is 24.4 Å². The molecule has 0 spiro atoms. The van der Waals surface area contributed by atoms with E-state index in [0.29, 0.717) is 4.88 Å². The molecule has 2 aromatic rings. The van der Waals surface area contributed by atoms with Crippen LogP contribution in [0.25, 0.3) is 0 Å². The van der Waals surface area contributed by atoms with Gasteiger partial charge in [0.1, 0.15) is 4.88 Å².